The minimum atomic E-state index is -0.105. The first-order chi connectivity index (χ1) is 11.6. The van der Waals surface area contributed by atoms with Crippen LogP contribution in [0.5, 0.6) is 0 Å². The fourth-order valence-electron chi connectivity index (χ4n) is 2.89. The molecule has 2 amide bonds. The molecular weight excluding hydrogens is 308 g/mol. The van der Waals surface area contributed by atoms with E-state index in [0.717, 1.165) is 12.0 Å². The first-order valence-electron chi connectivity index (χ1n) is 8.15. The van der Waals surface area contributed by atoms with Gasteiger partial charge < -0.3 is 19.4 Å². The molecule has 1 fully saturated rings. The van der Waals surface area contributed by atoms with Crippen LogP contribution in [0.3, 0.4) is 0 Å². The number of hydrogen-bond acceptors (Lipinski definition) is 5. The Kier molecular flexibility index (Phi) is 5.10. The van der Waals surface area contributed by atoms with Gasteiger partial charge in [-0.3, -0.25) is 0 Å². The van der Waals surface area contributed by atoms with Crippen LogP contribution in [0, 0.1) is 5.92 Å². The molecule has 1 saturated heterocycles. The third kappa shape index (κ3) is 3.91. The molecule has 1 atom stereocenters. The Labute approximate surface area is 141 Å². The van der Waals surface area contributed by atoms with Gasteiger partial charge in [0.2, 0.25) is 12.3 Å². The average molecular weight is 330 g/mol. The van der Waals surface area contributed by atoms with Crippen LogP contribution in [-0.2, 0) is 4.74 Å². The van der Waals surface area contributed by atoms with E-state index in [9.17, 15) is 4.79 Å². The van der Waals surface area contributed by atoms with E-state index >= 15 is 0 Å². The molecule has 7 nitrogen and oxygen atoms in total. The maximum atomic E-state index is 12.7. The average Bonchev–Trinajstić information content (AvgIpc) is 3.09. The number of rotatable bonds is 4. The van der Waals surface area contributed by atoms with Gasteiger partial charge in [-0.2, -0.15) is 0 Å². The van der Waals surface area contributed by atoms with Gasteiger partial charge in [0.05, 0.1) is 19.3 Å². The molecule has 1 aromatic heterocycles. The molecule has 0 radical (unpaired) electrons. The molecule has 3 rings (SSSR count). The molecule has 0 saturated carbocycles. The summed E-state index contributed by atoms with van der Waals surface area (Å²) in [5, 5.41) is 10.5. The zero-order valence-corrected chi connectivity index (χ0v) is 13.9. The SMILES string of the molecule is CC(C)C[C@H]1COCCN1C(=O)Nc1cccc(-c2nnco2)c1. The summed E-state index contributed by atoms with van der Waals surface area (Å²) >= 11 is 0. The number of morpholine rings is 1. The third-order valence-electron chi connectivity index (χ3n) is 3.95. The predicted molar refractivity (Wildman–Crippen MR) is 89.5 cm³/mol. The van der Waals surface area contributed by atoms with Crippen LogP contribution in [0.4, 0.5) is 10.5 Å². The lowest BCUT2D eigenvalue weighted by atomic mass is 10.0. The van der Waals surface area contributed by atoms with Crippen molar-refractivity contribution in [2.24, 2.45) is 5.92 Å². The smallest absolute Gasteiger partial charge is 0.322 e. The molecule has 24 heavy (non-hydrogen) atoms. The highest BCUT2D eigenvalue weighted by atomic mass is 16.5. The predicted octanol–water partition coefficient (Wildman–Crippen LogP) is 3.02. The van der Waals surface area contributed by atoms with E-state index in [4.69, 9.17) is 9.15 Å². The standard InChI is InChI=1S/C17H22N4O3/c1-12(2)8-15-10-23-7-6-21(15)17(22)19-14-5-3-4-13(9-14)16-20-18-11-24-16/h3-5,9,11-12,15H,6-8,10H2,1-2H3,(H,19,22)/t15-/m0/s1. The van der Waals surface area contributed by atoms with Crippen molar-refractivity contribution in [2.75, 3.05) is 25.1 Å². The summed E-state index contributed by atoms with van der Waals surface area (Å²) in [7, 11) is 0. The van der Waals surface area contributed by atoms with Crippen molar-refractivity contribution in [1.82, 2.24) is 15.1 Å². The Morgan fingerprint density at radius 2 is 2.33 bits per heavy atom. The summed E-state index contributed by atoms with van der Waals surface area (Å²) in [6, 6.07) is 7.38. The van der Waals surface area contributed by atoms with Crippen molar-refractivity contribution in [1.29, 1.82) is 0 Å². The van der Waals surface area contributed by atoms with Crippen LogP contribution in [0.15, 0.2) is 35.1 Å². The molecular formula is C17H22N4O3. The Morgan fingerprint density at radius 1 is 1.46 bits per heavy atom. The Bertz CT molecular complexity index is 672. The van der Waals surface area contributed by atoms with Gasteiger partial charge in [0.25, 0.3) is 0 Å². The minimum absolute atomic E-state index is 0.105. The minimum Gasteiger partial charge on any atom is -0.423 e. The first-order valence-corrected chi connectivity index (χ1v) is 8.15. The number of nitrogens with one attached hydrogen (secondary N) is 1. The number of amides is 2. The van der Waals surface area contributed by atoms with Gasteiger partial charge in [-0.25, -0.2) is 4.79 Å². The van der Waals surface area contributed by atoms with Crippen molar-refractivity contribution in [3.8, 4) is 11.5 Å². The van der Waals surface area contributed by atoms with E-state index in [1.807, 2.05) is 29.2 Å². The maximum absolute atomic E-state index is 12.7. The maximum Gasteiger partial charge on any atom is 0.322 e. The van der Waals surface area contributed by atoms with Gasteiger partial charge in [0, 0.05) is 17.8 Å². The van der Waals surface area contributed by atoms with Crippen molar-refractivity contribution >= 4 is 11.7 Å². The summed E-state index contributed by atoms with van der Waals surface area (Å²) in [6.07, 6.45) is 2.21. The molecule has 0 aliphatic carbocycles. The van der Waals surface area contributed by atoms with Gasteiger partial charge in [-0.05, 0) is 30.5 Å². The number of hydrogen-bond donors (Lipinski definition) is 1. The van der Waals surface area contributed by atoms with Gasteiger partial charge in [0.1, 0.15) is 0 Å². The number of nitrogens with zero attached hydrogens (tertiary/aromatic N) is 3. The second-order valence-corrected chi connectivity index (χ2v) is 6.31. The molecule has 0 bridgehead atoms. The molecule has 2 aromatic rings. The van der Waals surface area contributed by atoms with Gasteiger partial charge in [-0.15, -0.1) is 10.2 Å². The third-order valence-corrected chi connectivity index (χ3v) is 3.95. The lowest BCUT2D eigenvalue weighted by Crippen LogP contribution is -2.50. The number of urea groups is 1. The van der Waals surface area contributed by atoms with Crippen molar-refractivity contribution in [2.45, 2.75) is 26.3 Å². The van der Waals surface area contributed by atoms with Crippen LogP contribution in [-0.4, -0.2) is 46.9 Å². The first kappa shape index (κ1) is 16.4. The second kappa shape index (κ2) is 7.44. The van der Waals surface area contributed by atoms with Crippen LogP contribution in [0.25, 0.3) is 11.5 Å². The summed E-state index contributed by atoms with van der Waals surface area (Å²) in [6.45, 7) is 6.07. The largest absolute Gasteiger partial charge is 0.423 e. The van der Waals surface area contributed by atoms with Crippen LogP contribution < -0.4 is 5.32 Å². The lowest BCUT2D eigenvalue weighted by molar-refractivity contribution is 0.00857. The van der Waals surface area contributed by atoms with E-state index in [0.29, 0.717) is 37.3 Å². The van der Waals surface area contributed by atoms with E-state index in [-0.39, 0.29) is 12.1 Å². The van der Waals surface area contributed by atoms with Gasteiger partial charge >= 0.3 is 6.03 Å². The van der Waals surface area contributed by atoms with Crippen molar-refractivity contribution in [3.05, 3.63) is 30.7 Å². The number of ether oxygens (including phenoxy) is 1. The molecule has 0 unspecified atom stereocenters. The van der Waals surface area contributed by atoms with E-state index < -0.39 is 0 Å². The van der Waals surface area contributed by atoms with Crippen molar-refractivity contribution in [3.63, 3.8) is 0 Å². The Morgan fingerprint density at radius 3 is 3.08 bits per heavy atom. The summed E-state index contributed by atoms with van der Waals surface area (Å²) in [5.74, 6) is 0.933. The highest BCUT2D eigenvalue weighted by molar-refractivity contribution is 5.90. The molecule has 1 aliphatic heterocycles. The molecule has 128 valence electrons. The highest BCUT2D eigenvalue weighted by Crippen LogP contribution is 2.22. The fraction of sp³-hybridized carbons (Fsp3) is 0.471. The Balaban J connectivity index is 1.70. The number of aromatic nitrogens is 2. The number of carbonyl (C=O) groups excluding carboxylic acids is 1. The fourth-order valence-corrected chi connectivity index (χ4v) is 2.89. The summed E-state index contributed by atoms with van der Waals surface area (Å²) in [4.78, 5) is 14.5. The van der Waals surface area contributed by atoms with Crippen molar-refractivity contribution < 1.29 is 13.9 Å². The Hall–Kier alpha value is -2.41. The summed E-state index contributed by atoms with van der Waals surface area (Å²) < 4.78 is 10.7. The van der Waals surface area contributed by atoms with Gasteiger partial charge in [0.15, 0.2) is 0 Å². The zero-order chi connectivity index (χ0) is 16.9. The van der Waals surface area contributed by atoms with Crippen LogP contribution >= 0.6 is 0 Å². The van der Waals surface area contributed by atoms with Crippen LogP contribution in [0.2, 0.25) is 0 Å². The quantitative estimate of drug-likeness (QED) is 0.932. The zero-order valence-electron chi connectivity index (χ0n) is 13.9. The molecule has 0 spiro atoms. The molecule has 1 N–H and O–H groups in total. The van der Waals surface area contributed by atoms with Gasteiger partial charge in [-0.1, -0.05) is 19.9 Å². The summed E-state index contributed by atoms with van der Waals surface area (Å²) in [5.41, 5.74) is 1.47. The molecule has 1 aromatic carbocycles. The highest BCUT2D eigenvalue weighted by Gasteiger charge is 2.27. The molecule has 7 heteroatoms. The lowest BCUT2D eigenvalue weighted by Gasteiger charge is -2.36. The van der Waals surface area contributed by atoms with E-state index in [2.05, 4.69) is 29.4 Å². The normalized spacial score (nSPS) is 18.0. The van der Waals surface area contributed by atoms with Crippen LogP contribution in [0.1, 0.15) is 20.3 Å². The molecule has 1 aliphatic rings. The number of anilines is 1. The monoisotopic (exact) mass is 330 g/mol. The van der Waals surface area contributed by atoms with E-state index in [1.165, 1.54) is 6.39 Å². The van der Waals surface area contributed by atoms with E-state index in [1.54, 1.807) is 0 Å². The topological polar surface area (TPSA) is 80.5 Å². The second-order valence-electron chi connectivity index (χ2n) is 6.31. The molecule has 2 heterocycles. The number of benzene rings is 1. The number of carbonyl (C=O) groups is 1.